The number of hydrogen-bond donors (Lipinski definition) is 1. The van der Waals surface area contributed by atoms with Gasteiger partial charge in [0.05, 0.1) is 18.5 Å². The number of nitrogens with one attached hydrogen (secondary N) is 1. The number of hydrogen-bond acceptors (Lipinski definition) is 3. The molecule has 1 heterocycles. The average molecular weight is 401 g/mol. The van der Waals surface area contributed by atoms with Crippen molar-refractivity contribution < 1.29 is 13.9 Å². The lowest BCUT2D eigenvalue weighted by atomic mass is 10.1. The fourth-order valence-electron chi connectivity index (χ4n) is 3.06. The van der Waals surface area contributed by atoms with Crippen molar-refractivity contribution in [3.05, 3.63) is 95.9 Å². The summed E-state index contributed by atoms with van der Waals surface area (Å²) in [5, 5.41) is 7.47. The summed E-state index contributed by atoms with van der Waals surface area (Å²) in [6.07, 6.45) is 0. The fourth-order valence-corrected chi connectivity index (χ4v) is 3.06. The van der Waals surface area contributed by atoms with Gasteiger partial charge in [0.15, 0.2) is 0 Å². The van der Waals surface area contributed by atoms with Crippen LogP contribution in [-0.2, 0) is 0 Å². The zero-order valence-corrected chi connectivity index (χ0v) is 16.6. The van der Waals surface area contributed by atoms with E-state index in [1.165, 1.54) is 24.3 Å². The van der Waals surface area contributed by atoms with E-state index in [-0.39, 0.29) is 11.7 Å². The SMILES string of the molecule is COc1ccc(-c2cc(C(=O)Nc3ccc(F)cc3)n(-c3ccc(C)cc3)n2)cc1. The van der Waals surface area contributed by atoms with Gasteiger partial charge in [-0.3, -0.25) is 4.79 Å². The molecule has 0 aliphatic carbocycles. The third kappa shape index (κ3) is 4.07. The van der Waals surface area contributed by atoms with Gasteiger partial charge in [-0.1, -0.05) is 17.7 Å². The Morgan fingerprint density at radius 2 is 1.63 bits per heavy atom. The highest BCUT2D eigenvalue weighted by molar-refractivity contribution is 6.04. The fraction of sp³-hybridized carbons (Fsp3) is 0.0833. The predicted octanol–water partition coefficient (Wildman–Crippen LogP) is 5.25. The molecule has 0 unspecified atom stereocenters. The van der Waals surface area contributed by atoms with Crippen LogP contribution in [0.1, 0.15) is 16.1 Å². The molecule has 0 aliphatic rings. The standard InChI is InChI=1S/C24H20FN3O2/c1-16-3-11-20(12-4-16)28-23(24(29)26-19-9-7-18(25)8-10-19)15-22(27-28)17-5-13-21(30-2)14-6-17/h3-15H,1-2H3,(H,26,29). The van der Waals surface area contributed by atoms with Gasteiger partial charge >= 0.3 is 0 Å². The molecular formula is C24H20FN3O2. The largest absolute Gasteiger partial charge is 0.497 e. The van der Waals surface area contributed by atoms with Crippen molar-refractivity contribution in [2.75, 3.05) is 12.4 Å². The summed E-state index contributed by atoms with van der Waals surface area (Å²) in [7, 11) is 1.61. The Hall–Kier alpha value is -3.93. The molecular weight excluding hydrogens is 381 g/mol. The molecule has 0 fully saturated rings. The number of carbonyl (C=O) groups is 1. The number of benzene rings is 3. The molecule has 1 N–H and O–H groups in total. The van der Waals surface area contributed by atoms with Crippen LogP contribution in [-0.4, -0.2) is 22.8 Å². The highest BCUT2D eigenvalue weighted by atomic mass is 19.1. The van der Waals surface area contributed by atoms with Gasteiger partial charge in [-0.25, -0.2) is 9.07 Å². The first-order chi connectivity index (χ1) is 14.5. The summed E-state index contributed by atoms with van der Waals surface area (Å²) in [6.45, 7) is 2.00. The Balaban J connectivity index is 1.74. The maximum atomic E-state index is 13.2. The molecule has 0 saturated carbocycles. The van der Waals surface area contributed by atoms with Crippen molar-refractivity contribution in [1.29, 1.82) is 0 Å². The first kappa shape index (κ1) is 19.4. The molecule has 6 heteroatoms. The van der Waals surface area contributed by atoms with Crippen molar-refractivity contribution in [1.82, 2.24) is 9.78 Å². The topological polar surface area (TPSA) is 56.1 Å². The first-order valence-corrected chi connectivity index (χ1v) is 9.42. The molecule has 30 heavy (non-hydrogen) atoms. The molecule has 150 valence electrons. The van der Waals surface area contributed by atoms with Crippen molar-refractivity contribution in [3.8, 4) is 22.7 Å². The summed E-state index contributed by atoms with van der Waals surface area (Å²) in [4.78, 5) is 13.0. The molecule has 0 bridgehead atoms. The Morgan fingerprint density at radius 1 is 0.967 bits per heavy atom. The number of methoxy groups -OCH3 is 1. The molecule has 0 aliphatic heterocycles. The lowest BCUT2D eigenvalue weighted by Gasteiger charge is -2.09. The third-order valence-electron chi connectivity index (χ3n) is 4.71. The molecule has 0 atom stereocenters. The molecule has 3 aromatic carbocycles. The number of amides is 1. The van der Waals surface area contributed by atoms with E-state index in [0.717, 1.165) is 22.6 Å². The van der Waals surface area contributed by atoms with Crippen LogP contribution in [0.15, 0.2) is 78.9 Å². The Kier molecular flexibility index (Phi) is 5.30. The van der Waals surface area contributed by atoms with E-state index in [4.69, 9.17) is 4.74 Å². The minimum atomic E-state index is -0.362. The zero-order chi connectivity index (χ0) is 21.1. The maximum Gasteiger partial charge on any atom is 0.274 e. The van der Waals surface area contributed by atoms with Crippen LogP contribution in [0, 0.1) is 12.7 Å². The molecule has 0 spiro atoms. The number of ether oxygens (including phenoxy) is 1. The molecule has 0 saturated heterocycles. The molecule has 4 aromatic rings. The lowest BCUT2D eigenvalue weighted by Crippen LogP contribution is -2.17. The van der Waals surface area contributed by atoms with Crippen molar-refractivity contribution >= 4 is 11.6 Å². The van der Waals surface area contributed by atoms with E-state index in [2.05, 4.69) is 10.4 Å². The second-order valence-corrected chi connectivity index (χ2v) is 6.85. The minimum Gasteiger partial charge on any atom is -0.497 e. The number of carbonyl (C=O) groups excluding carboxylic acids is 1. The molecule has 0 radical (unpaired) electrons. The second-order valence-electron chi connectivity index (χ2n) is 6.85. The number of rotatable bonds is 5. The Bertz CT molecular complexity index is 1160. The minimum absolute atomic E-state index is 0.338. The van der Waals surface area contributed by atoms with Gasteiger partial charge in [0.25, 0.3) is 5.91 Å². The van der Waals surface area contributed by atoms with Crippen LogP contribution in [0.3, 0.4) is 0 Å². The highest BCUT2D eigenvalue weighted by Gasteiger charge is 2.18. The monoisotopic (exact) mass is 401 g/mol. The number of halogens is 1. The number of nitrogens with zero attached hydrogens (tertiary/aromatic N) is 2. The van der Waals surface area contributed by atoms with Crippen LogP contribution >= 0.6 is 0 Å². The average Bonchev–Trinajstić information content (AvgIpc) is 3.21. The molecule has 1 amide bonds. The normalized spacial score (nSPS) is 10.6. The van der Waals surface area contributed by atoms with Gasteiger partial charge in [-0.15, -0.1) is 0 Å². The molecule has 1 aromatic heterocycles. The van der Waals surface area contributed by atoms with E-state index < -0.39 is 0 Å². The highest BCUT2D eigenvalue weighted by Crippen LogP contribution is 2.25. The number of aryl methyl sites for hydroxylation is 1. The molecule has 5 nitrogen and oxygen atoms in total. The van der Waals surface area contributed by atoms with Crippen molar-refractivity contribution in [2.24, 2.45) is 0 Å². The van der Waals surface area contributed by atoms with Gasteiger partial charge in [-0.05, 0) is 73.7 Å². The predicted molar refractivity (Wildman–Crippen MR) is 115 cm³/mol. The maximum absolute atomic E-state index is 13.2. The van der Waals surface area contributed by atoms with Crippen molar-refractivity contribution in [2.45, 2.75) is 6.92 Å². The smallest absolute Gasteiger partial charge is 0.274 e. The summed E-state index contributed by atoms with van der Waals surface area (Å²) in [5.41, 5.74) is 4.27. The van der Waals surface area contributed by atoms with Gasteiger partial charge in [0, 0.05) is 11.3 Å². The van der Waals surface area contributed by atoms with Crippen LogP contribution < -0.4 is 10.1 Å². The van der Waals surface area contributed by atoms with E-state index in [1.807, 2.05) is 55.5 Å². The van der Waals surface area contributed by atoms with Gasteiger partial charge in [0.1, 0.15) is 17.3 Å². The van der Waals surface area contributed by atoms with Crippen molar-refractivity contribution in [3.63, 3.8) is 0 Å². The van der Waals surface area contributed by atoms with Crippen LogP contribution in [0.25, 0.3) is 16.9 Å². The number of aromatic nitrogens is 2. The quantitative estimate of drug-likeness (QED) is 0.497. The Morgan fingerprint density at radius 3 is 2.27 bits per heavy atom. The van der Waals surface area contributed by atoms with E-state index >= 15 is 0 Å². The lowest BCUT2D eigenvalue weighted by molar-refractivity contribution is 0.101. The summed E-state index contributed by atoms with van der Waals surface area (Å²) in [6, 6.07) is 22.6. The third-order valence-corrected chi connectivity index (χ3v) is 4.71. The zero-order valence-electron chi connectivity index (χ0n) is 16.6. The summed E-state index contributed by atoms with van der Waals surface area (Å²) >= 11 is 0. The van der Waals surface area contributed by atoms with E-state index in [9.17, 15) is 9.18 Å². The van der Waals surface area contributed by atoms with Crippen LogP contribution in [0.5, 0.6) is 5.75 Å². The van der Waals surface area contributed by atoms with E-state index in [1.54, 1.807) is 17.9 Å². The second kappa shape index (κ2) is 8.21. The van der Waals surface area contributed by atoms with Crippen LogP contribution in [0.4, 0.5) is 10.1 Å². The summed E-state index contributed by atoms with van der Waals surface area (Å²) < 4.78 is 20.0. The molecule has 4 rings (SSSR count). The van der Waals surface area contributed by atoms with Crippen LogP contribution in [0.2, 0.25) is 0 Å². The number of anilines is 1. The first-order valence-electron chi connectivity index (χ1n) is 9.42. The summed E-state index contributed by atoms with van der Waals surface area (Å²) in [5.74, 6) is 0.0416. The Labute approximate surface area is 173 Å². The van der Waals surface area contributed by atoms with E-state index in [0.29, 0.717) is 17.1 Å². The van der Waals surface area contributed by atoms with Gasteiger partial charge in [-0.2, -0.15) is 5.10 Å². The van der Waals surface area contributed by atoms with Gasteiger partial charge < -0.3 is 10.1 Å². The van der Waals surface area contributed by atoms with Gasteiger partial charge in [0.2, 0.25) is 0 Å².